The highest BCUT2D eigenvalue weighted by Crippen LogP contribution is 2.41. The maximum absolute atomic E-state index is 14.4. The summed E-state index contributed by atoms with van der Waals surface area (Å²) in [5, 5.41) is 6.62. The van der Waals surface area contributed by atoms with Gasteiger partial charge in [-0.05, 0) is 99.0 Å². The molecule has 292 valence electrons. The van der Waals surface area contributed by atoms with Gasteiger partial charge < -0.3 is 30.2 Å². The Kier molecular flexibility index (Phi) is 10.7. The van der Waals surface area contributed by atoms with Crippen molar-refractivity contribution >= 4 is 33.4 Å². The van der Waals surface area contributed by atoms with Crippen molar-refractivity contribution in [2.24, 2.45) is 0 Å². The second kappa shape index (κ2) is 15.3. The van der Waals surface area contributed by atoms with Crippen molar-refractivity contribution in [3.63, 3.8) is 0 Å². The number of H-pyrrole nitrogens is 2. The van der Waals surface area contributed by atoms with E-state index in [9.17, 15) is 40.3 Å². The third-order valence-electron chi connectivity index (χ3n) is 10.6. The molecule has 0 saturated carbocycles. The third-order valence-corrected chi connectivity index (χ3v) is 10.6. The van der Waals surface area contributed by atoms with Crippen LogP contribution >= 0.6 is 0 Å². The minimum absolute atomic E-state index is 0.0551. The maximum atomic E-state index is 14.4. The molecule has 2 aliphatic rings. The van der Waals surface area contributed by atoms with Gasteiger partial charge in [-0.1, -0.05) is 24.3 Å². The molecule has 55 heavy (non-hydrogen) atoms. The first-order valence-electron chi connectivity index (χ1n) is 18.3. The summed E-state index contributed by atoms with van der Waals surface area (Å²) in [6.45, 7) is 3.26. The van der Waals surface area contributed by atoms with Crippen molar-refractivity contribution in [2.45, 2.75) is 82.5 Å². The summed E-state index contributed by atoms with van der Waals surface area (Å²) in [5.41, 5.74) is 2.70. The summed E-state index contributed by atoms with van der Waals surface area (Å²) in [6.07, 6.45) is -8.80. The number of alkyl halides is 6. The van der Waals surface area contributed by atoms with E-state index in [2.05, 4.69) is 20.6 Å². The zero-order valence-corrected chi connectivity index (χ0v) is 29.9. The van der Waals surface area contributed by atoms with Gasteiger partial charge in [-0.15, -0.1) is 0 Å². The smallest absolute Gasteiger partial charge is 0.367 e. The number of carbonyl (C=O) groups is 1. The molecular formula is C40H40F7N5O3. The van der Waals surface area contributed by atoms with E-state index in [1.54, 1.807) is 6.92 Å². The average Bonchev–Trinajstić information content (AvgIpc) is 3.63. The minimum atomic E-state index is -4.83. The molecule has 15 heteroatoms. The Hall–Kier alpha value is -4.89. The number of aromatic amines is 2. The molecule has 2 aliphatic heterocycles. The molecule has 1 amide bonds. The molecule has 0 radical (unpaired) electrons. The van der Waals surface area contributed by atoms with Crippen LogP contribution in [0.3, 0.4) is 0 Å². The monoisotopic (exact) mass is 771 g/mol. The summed E-state index contributed by atoms with van der Waals surface area (Å²) < 4.78 is 104. The number of nitrogens with zero attached hydrogens (tertiary/aromatic N) is 1. The molecule has 0 spiro atoms. The van der Waals surface area contributed by atoms with E-state index >= 15 is 0 Å². The predicted molar refractivity (Wildman–Crippen MR) is 196 cm³/mol. The van der Waals surface area contributed by atoms with Crippen molar-refractivity contribution in [3.05, 3.63) is 99.1 Å². The van der Waals surface area contributed by atoms with E-state index in [0.717, 1.165) is 27.8 Å². The van der Waals surface area contributed by atoms with Crippen molar-refractivity contribution in [1.29, 1.82) is 0 Å². The van der Waals surface area contributed by atoms with Crippen LogP contribution in [0.15, 0.2) is 65.5 Å². The Bertz CT molecular complexity index is 2250. The number of aromatic nitrogens is 2. The SMILES string of the molecule is C[C@H]1CCC(C(OCCCCCNCc2ccc(-c3[nH]c4cc(F)cc5c4c3CCNC5=O)cc2)C(F)(F)F)N1c1ccc2[nH]c(=O)cc(C(F)(F)F)c2c1. The Morgan fingerprint density at radius 1 is 0.909 bits per heavy atom. The number of benzene rings is 3. The summed E-state index contributed by atoms with van der Waals surface area (Å²) in [7, 11) is 0. The van der Waals surface area contributed by atoms with Crippen LogP contribution in [0.5, 0.6) is 0 Å². The molecule has 1 saturated heterocycles. The van der Waals surface area contributed by atoms with Gasteiger partial charge in [0.15, 0.2) is 6.10 Å². The van der Waals surface area contributed by atoms with Gasteiger partial charge in [0.2, 0.25) is 5.56 Å². The van der Waals surface area contributed by atoms with Crippen molar-refractivity contribution in [3.8, 4) is 11.3 Å². The molecule has 2 unspecified atom stereocenters. The highest BCUT2D eigenvalue weighted by molar-refractivity contribution is 6.10. The van der Waals surface area contributed by atoms with Gasteiger partial charge >= 0.3 is 12.4 Å². The third kappa shape index (κ3) is 8.08. The van der Waals surface area contributed by atoms with Crippen LogP contribution in [0.2, 0.25) is 0 Å². The van der Waals surface area contributed by atoms with Crippen LogP contribution in [0, 0.1) is 5.82 Å². The molecule has 1 fully saturated rings. The number of hydrogen-bond donors (Lipinski definition) is 4. The summed E-state index contributed by atoms with van der Waals surface area (Å²) >= 11 is 0. The molecule has 2 aromatic heterocycles. The number of nitrogens with one attached hydrogen (secondary N) is 4. The molecule has 4 heterocycles. The quantitative estimate of drug-likeness (QED) is 0.0755. The van der Waals surface area contributed by atoms with Crippen molar-refractivity contribution in [1.82, 2.24) is 20.6 Å². The zero-order valence-electron chi connectivity index (χ0n) is 29.9. The largest absolute Gasteiger partial charge is 0.417 e. The van der Waals surface area contributed by atoms with Crippen molar-refractivity contribution < 1.29 is 40.3 Å². The number of amides is 1. The Morgan fingerprint density at radius 2 is 1.69 bits per heavy atom. The van der Waals surface area contributed by atoms with Crippen LogP contribution in [0.25, 0.3) is 33.1 Å². The molecule has 0 bridgehead atoms. The number of ether oxygens (including phenoxy) is 1. The lowest BCUT2D eigenvalue weighted by Crippen LogP contribution is -2.50. The van der Waals surface area contributed by atoms with Gasteiger partial charge in [0.25, 0.3) is 5.91 Å². The van der Waals surface area contributed by atoms with Crippen LogP contribution in [0.1, 0.15) is 66.1 Å². The number of halogens is 7. The average molecular weight is 772 g/mol. The highest BCUT2D eigenvalue weighted by atomic mass is 19.4. The number of pyridine rings is 1. The fourth-order valence-electron chi connectivity index (χ4n) is 8.02. The fraction of sp³-hybridized carbons (Fsp3) is 0.400. The molecule has 4 N–H and O–H groups in total. The lowest BCUT2D eigenvalue weighted by Gasteiger charge is -2.36. The van der Waals surface area contributed by atoms with E-state index < -0.39 is 41.4 Å². The lowest BCUT2D eigenvalue weighted by molar-refractivity contribution is -0.226. The van der Waals surface area contributed by atoms with Crippen molar-refractivity contribution in [2.75, 3.05) is 24.6 Å². The van der Waals surface area contributed by atoms with Crippen LogP contribution < -0.4 is 21.1 Å². The van der Waals surface area contributed by atoms with Gasteiger partial charge in [0.05, 0.1) is 17.2 Å². The predicted octanol–water partition coefficient (Wildman–Crippen LogP) is 8.39. The number of fused-ring (bicyclic) bond motifs is 1. The van der Waals surface area contributed by atoms with E-state index in [4.69, 9.17) is 4.74 Å². The van der Waals surface area contributed by atoms with Gasteiger partial charge in [-0.3, -0.25) is 9.59 Å². The van der Waals surface area contributed by atoms with E-state index in [0.29, 0.717) is 68.9 Å². The van der Waals surface area contributed by atoms with Crippen LogP contribution in [-0.4, -0.2) is 59.9 Å². The van der Waals surface area contributed by atoms with Gasteiger partial charge in [-0.2, -0.15) is 26.3 Å². The lowest BCUT2D eigenvalue weighted by atomic mass is 9.99. The minimum Gasteiger partial charge on any atom is -0.367 e. The standard InChI is InChI=1S/C40H40F7N5O3/c1-22-5-12-33(52(22)26-10-11-31-28(19-26)30(39(42,43)44)20-34(53)50-31)37(40(45,46)47)55-16-4-2-3-14-48-21-23-6-8-24(9-7-23)36-27-13-15-49-38(54)29-17-25(41)18-32(51-36)35(27)29/h6-11,17-20,22,33,37,48,51H,2-5,12-16,21H2,1H3,(H,49,54)(H,50,53)/t22-,33?,37?/m0/s1. The molecule has 7 rings (SSSR count). The molecular weight excluding hydrogens is 731 g/mol. The molecule has 0 aliphatic carbocycles. The summed E-state index contributed by atoms with van der Waals surface area (Å²) in [5.74, 6) is -0.784. The van der Waals surface area contributed by atoms with E-state index in [1.807, 2.05) is 24.3 Å². The van der Waals surface area contributed by atoms with Gasteiger partial charge in [-0.25, -0.2) is 4.39 Å². The fourth-order valence-corrected chi connectivity index (χ4v) is 8.02. The maximum Gasteiger partial charge on any atom is 0.417 e. The highest BCUT2D eigenvalue weighted by Gasteiger charge is 2.50. The number of rotatable bonds is 12. The van der Waals surface area contributed by atoms with Gasteiger partial charge in [0, 0.05) is 65.0 Å². The Balaban J connectivity index is 0.916. The topological polar surface area (TPSA) is 102 Å². The van der Waals surface area contributed by atoms with E-state index in [1.165, 1.54) is 35.2 Å². The molecule has 3 aromatic carbocycles. The van der Waals surface area contributed by atoms with Gasteiger partial charge in [0.1, 0.15) is 5.82 Å². The molecule has 3 atom stereocenters. The zero-order chi connectivity index (χ0) is 39.1. The second-order valence-corrected chi connectivity index (χ2v) is 14.3. The van der Waals surface area contributed by atoms with Crippen LogP contribution in [-0.2, 0) is 23.9 Å². The first kappa shape index (κ1) is 38.4. The second-order valence-electron chi connectivity index (χ2n) is 14.3. The number of anilines is 1. The Morgan fingerprint density at radius 3 is 2.44 bits per heavy atom. The number of unbranched alkanes of at least 4 members (excludes halogenated alkanes) is 2. The molecule has 5 aromatic rings. The summed E-state index contributed by atoms with van der Waals surface area (Å²) in [6, 6.07) is 13.4. The first-order chi connectivity index (χ1) is 26.2. The summed E-state index contributed by atoms with van der Waals surface area (Å²) in [4.78, 5) is 31.5. The van der Waals surface area contributed by atoms with Crippen LogP contribution in [0.4, 0.5) is 36.4 Å². The normalized spacial score (nSPS) is 18.3. The number of hydrogen-bond acceptors (Lipinski definition) is 5. The molecule has 8 nitrogen and oxygen atoms in total. The Labute approximate surface area is 311 Å². The first-order valence-corrected chi connectivity index (χ1v) is 18.3. The number of carbonyl (C=O) groups excluding carboxylic acids is 1. The van der Waals surface area contributed by atoms with E-state index in [-0.39, 0.29) is 41.6 Å².